The van der Waals surface area contributed by atoms with Gasteiger partial charge in [0.05, 0.1) is 5.92 Å². The molecule has 2 aromatic rings. The number of benzene rings is 1. The number of H-pyrrole nitrogens is 1. The Morgan fingerprint density at radius 1 is 1.26 bits per heavy atom. The number of hydrogen-bond acceptors (Lipinski definition) is 4. The highest BCUT2D eigenvalue weighted by atomic mass is 32.2. The molecule has 6 nitrogen and oxygen atoms in total. The van der Waals surface area contributed by atoms with E-state index in [4.69, 9.17) is 0 Å². The number of carbonyl (C=O) groups is 1. The predicted molar refractivity (Wildman–Crippen MR) is 73.7 cm³/mol. The summed E-state index contributed by atoms with van der Waals surface area (Å²) in [5.74, 6) is -3.27. The molecule has 124 valence electrons. The second-order valence-electron chi connectivity index (χ2n) is 4.62. The number of sulfonamides is 1. The molecule has 1 aromatic heterocycles. The Hall–Kier alpha value is -2.36. The maximum absolute atomic E-state index is 13.1. The number of hydrogen-bond donors (Lipinski definition) is 2. The SMILES string of the molecule is O=C(CC(c1ccc(F)cc1)C(F)F)NS(=O)(=O)c1ncc[nH]1. The lowest BCUT2D eigenvalue weighted by atomic mass is 9.96. The van der Waals surface area contributed by atoms with Crippen LogP contribution in [0.2, 0.25) is 0 Å². The van der Waals surface area contributed by atoms with Crippen molar-refractivity contribution in [2.75, 3.05) is 0 Å². The molecule has 0 aliphatic heterocycles. The van der Waals surface area contributed by atoms with Crippen LogP contribution in [0.15, 0.2) is 41.8 Å². The Balaban J connectivity index is 2.11. The fourth-order valence-corrected chi connectivity index (χ4v) is 2.80. The fraction of sp³-hybridized carbons (Fsp3) is 0.231. The number of aromatic amines is 1. The van der Waals surface area contributed by atoms with Crippen molar-refractivity contribution in [2.45, 2.75) is 23.9 Å². The normalized spacial score (nSPS) is 13.0. The Kier molecular flexibility index (Phi) is 5.04. The molecule has 10 heteroatoms. The van der Waals surface area contributed by atoms with Crippen LogP contribution in [0.1, 0.15) is 17.9 Å². The van der Waals surface area contributed by atoms with Gasteiger partial charge in [-0.05, 0) is 17.7 Å². The van der Waals surface area contributed by atoms with Gasteiger partial charge < -0.3 is 4.98 Å². The van der Waals surface area contributed by atoms with Gasteiger partial charge in [0.15, 0.2) is 0 Å². The molecule has 0 spiro atoms. The minimum Gasteiger partial charge on any atom is -0.334 e. The first kappa shape index (κ1) is 17.0. The van der Waals surface area contributed by atoms with Crippen molar-refractivity contribution in [3.8, 4) is 0 Å². The summed E-state index contributed by atoms with van der Waals surface area (Å²) in [7, 11) is -4.25. The molecule has 23 heavy (non-hydrogen) atoms. The van der Waals surface area contributed by atoms with E-state index < -0.39 is 45.7 Å². The zero-order valence-electron chi connectivity index (χ0n) is 11.5. The zero-order valence-corrected chi connectivity index (χ0v) is 12.4. The molecular formula is C13H12F3N3O3S. The Bertz CT molecular complexity index is 762. The summed E-state index contributed by atoms with van der Waals surface area (Å²) in [6.45, 7) is 0. The maximum atomic E-state index is 13.1. The first-order valence-corrected chi connectivity index (χ1v) is 7.86. The molecule has 0 aliphatic rings. The molecule has 0 saturated heterocycles. The zero-order chi connectivity index (χ0) is 17.0. The molecule has 0 radical (unpaired) electrons. The van der Waals surface area contributed by atoms with Crippen LogP contribution in [-0.2, 0) is 14.8 Å². The topological polar surface area (TPSA) is 91.9 Å². The summed E-state index contributed by atoms with van der Waals surface area (Å²) in [6, 6.07) is 4.23. The summed E-state index contributed by atoms with van der Waals surface area (Å²) < 4.78 is 64.3. The first-order chi connectivity index (χ1) is 10.8. The molecule has 1 atom stereocenters. The Morgan fingerprint density at radius 3 is 2.43 bits per heavy atom. The van der Waals surface area contributed by atoms with E-state index >= 15 is 0 Å². The third kappa shape index (κ3) is 4.31. The van der Waals surface area contributed by atoms with Gasteiger partial charge in [-0.25, -0.2) is 22.9 Å². The van der Waals surface area contributed by atoms with Crippen molar-refractivity contribution in [3.63, 3.8) is 0 Å². The van der Waals surface area contributed by atoms with Crippen LogP contribution in [0, 0.1) is 5.82 Å². The summed E-state index contributed by atoms with van der Waals surface area (Å²) in [5.41, 5.74) is 0.0342. The van der Waals surface area contributed by atoms with Crippen molar-refractivity contribution in [3.05, 3.63) is 48.0 Å². The van der Waals surface area contributed by atoms with Gasteiger partial charge in [0.1, 0.15) is 5.82 Å². The smallest absolute Gasteiger partial charge is 0.297 e. The second kappa shape index (κ2) is 6.82. The van der Waals surface area contributed by atoms with E-state index in [0.717, 1.165) is 24.3 Å². The highest BCUT2D eigenvalue weighted by molar-refractivity contribution is 7.89. The number of nitrogens with zero attached hydrogens (tertiary/aromatic N) is 1. The summed E-state index contributed by atoms with van der Waals surface area (Å²) >= 11 is 0. The van der Waals surface area contributed by atoms with Crippen molar-refractivity contribution in [2.24, 2.45) is 0 Å². The number of amides is 1. The van der Waals surface area contributed by atoms with Crippen molar-refractivity contribution >= 4 is 15.9 Å². The lowest BCUT2D eigenvalue weighted by Gasteiger charge is -2.16. The van der Waals surface area contributed by atoms with Gasteiger partial charge in [0.25, 0.3) is 10.0 Å². The average Bonchev–Trinajstić information content (AvgIpc) is 3.00. The first-order valence-electron chi connectivity index (χ1n) is 6.38. The molecular weight excluding hydrogens is 335 g/mol. The number of carbonyl (C=O) groups excluding carboxylic acids is 1. The van der Waals surface area contributed by atoms with E-state index in [1.54, 1.807) is 4.72 Å². The van der Waals surface area contributed by atoms with Crippen LogP contribution in [0.4, 0.5) is 13.2 Å². The summed E-state index contributed by atoms with van der Waals surface area (Å²) in [6.07, 6.45) is -1.29. The molecule has 1 heterocycles. The van der Waals surface area contributed by atoms with Gasteiger partial charge in [-0.2, -0.15) is 8.42 Å². The number of aromatic nitrogens is 2. The quantitative estimate of drug-likeness (QED) is 0.833. The third-order valence-corrected chi connectivity index (χ3v) is 4.21. The molecule has 1 unspecified atom stereocenters. The summed E-state index contributed by atoms with van der Waals surface area (Å²) in [4.78, 5) is 17.5. The van der Waals surface area contributed by atoms with E-state index in [2.05, 4.69) is 9.97 Å². The average molecular weight is 347 g/mol. The van der Waals surface area contributed by atoms with Crippen LogP contribution >= 0.6 is 0 Å². The molecule has 2 N–H and O–H groups in total. The molecule has 0 bridgehead atoms. The minimum absolute atomic E-state index is 0.0342. The Morgan fingerprint density at radius 2 is 1.91 bits per heavy atom. The minimum atomic E-state index is -4.25. The number of alkyl halides is 2. The van der Waals surface area contributed by atoms with Crippen molar-refractivity contribution in [1.82, 2.24) is 14.7 Å². The van der Waals surface area contributed by atoms with Crippen LogP contribution in [0.5, 0.6) is 0 Å². The second-order valence-corrected chi connectivity index (χ2v) is 6.22. The van der Waals surface area contributed by atoms with Gasteiger partial charge in [-0.3, -0.25) is 4.79 Å². The van der Waals surface area contributed by atoms with Gasteiger partial charge in [-0.1, -0.05) is 12.1 Å². The van der Waals surface area contributed by atoms with Gasteiger partial charge in [0.2, 0.25) is 17.5 Å². The van der Waals surface area contributed by atoms with Gasteiger partial charge in [0, 0.05) is 18.8 Å². The number of halogens is 3. The highest BCUT2D eigenvalue weighted by Crippen LogP contribution is 2.27. The highest BCUT2D eigenvalue weighted by Gasteiger charge is 2.28. The molecule has 0 saturated carbocycles. The van der Waals surface area contributed by atoms with Crippen LogP contribution < -0.4 is 4.72 Å². The van der Waals surface area contributed by atoms with E-state index in [1.807, 2.05) is 0 Å². The van der Waals surface area contributed by atoms with Crippen molar-refractivity contribution in [1.29, 1.82) is 0 Å². The standard InChI is InChI=1S/C13H12F3N3O3S/c14-9-3-1-8(2-4-9)10(12(15)16)7-11(20)19-23(21,22)13-17-5-6-18-13/h1-6,10,12H,7H2,(H,17,18)(H,19,20). The van der Waals surface area contributed by atoms with Gasteiger partial charge in [-0.15, -0.1) is 0 Å². The van der Waals surface area contributed by atoms with Crippen molar-refractivity contribution < 1.29 is 26.4 Å². The van der Waals surface area contributed by atoms with E-state index in [-0.39, 0.29) is 5.56 Å². The number of nitrogens with one attached hydrogen (secondary N) is 2. The van der Waals surface area contributed by atoms with E-state index in [0.29, 0.717) is 0 Å². The lowest BCUT2D eigenvalue weighted by Crippen LogP contribution is -2.33. The monoisotopic (exact) mass is 347 g/mol. The molecule has 0 fully saturated rings. The number of imidazole rings is 1. The lowest BCUT2D eigenvalue weighted by molar-refractivity contribution is -0.120. The van der Waals surface area contributed by atoms with Crippen LogP contribution in [0.3, 0.4) is 0 Å². The number of rotatable bonds is 6. The van der Waals surface area contributed by atoms with Gasteiger partial charge >= 0.3 is 0 Å². The summed E-state index contributed by atoms with van der Waals surface area (Å²) in [5, 5.41) is -0.499. The van der Waals surface area contributed by atoms with E-state index in [1.165, 1.54) is 12.4 Å². The largest absolute Gasteiger partial charge is 0.334 e. The maximum Gasteiger partial charge on any atom is 0.297 e. The predicted octanol–water partition coefficient (Wildman–Crippen LogP) is 1.79. The van der Waals surface area contributed by atoms with Crippen LogP contribution in [0.25, 0.3) is 0 Å². The molecule has 1 amide bonds. The van der Waals surface area contributed by atoms with E-state index in [9.17, 15) is 26.4 Å². The molecule has 0 aliphatic carbocycles. The third-order valence-electron chi connectivity index (χ3n) is 2.98. The van der Waals surface area contributed by atoms with Crippen LogP contribution in [-0.4, -0.2) is 30.7 Å². The molecule has 2 rings (SSSR count). The fourth-order valence-electron chi connectivity index (χ4n) is 1.90. The molecule has 1 aromatic carbocycles. The Labute approximate surface area is 129 Å².